The van der Waals surface area contributed by atoms with E-state index < -0.39 is 0 Å². The van der Waals surface area contributed by atoms with Crippen molar-refractivity contribution in [2.75, 3.05) is 25.4 Å². The topological polar surface area (TPSA) is 49.3 Å². The van der Waals surface area contributed by atoms with Gasteiger partial charge in [-0.25, -0.2) is 4.98 Å². The predicted molar refractivity (Wildman–Crippen MR) is 111 cm³/mol. The maximum atomic E-state index is 4.75. The monoisotopic (exact) mass is 374 g/mol. The molecule has 0 radical (unpaired) electrons. The molecule has 1 aromatic carbocycles. The first kappa shape index (κ1) is 18.3. The smallest absolute Gasteiger partial charge is 0.191 e. The van der Waals surface area contributed by atoms with Gasteiger partial charge in [0.25, 0.3) is 0 Å². The van der Waals surface area contributed by atoms with Gasteiger partial charge in [0.15, 0.2) is 5.96 Å². The number of aromatic nitrogens is 1. The molecule has 1 atom stereocenters. The summed E-state index contributed by atoms with van der Waals surface area (Å²) in [5, 5.41) is 10.7. The summed E-state index contributed by atoms with van der Waals surface area (Å²) in [4.78, 5) is 9.48. The van der Waals surface area contributed by atoms with Crippen LogP contribution in [0.2, 0.25) is 0 Å². The van der Waals surface area contributed by atoms with Gasteiger partial charge in [0.1, 0.15) is 5.01 Å². The Bertz CT molecular complexity index is 663. The number of thioether (sulfide) groups is 1. The Kier molecular flexibility index (Phi) is 7.18. The summed E-state index contributed by atoms with van der Waals surface area (Å²) in [5.74, 6) is 2.21. The fourth-order valence-electron chi connectivity index (χ4n) is 2.77. The van der Waals surface area contributed by atoms with Gasteiger partial charge in [0.2, 0.25) is 0 Å². The van der Waals surface area contributed by atoms with Gasteiger partial charge < -0.3 is 10.6 Å². The van der Waals surface area contributed by atoms with Crippen LogP contribution in [0.15, 0.2) is 40.7 Å². The van der Waals surface area contributed by atoms with E-state index in [2.05, 4.69) is 59.0 Å². The maximum Gasteiger partial charge on any atom is 0.191 e. The van der Waals surface area contributed by atoms with Crippen LogP contribution in [-0.4, -0.2) is 41.6 Å². The van der Waals surface area contributed by atoms with Crippen LogP contribution in [0.25, 0.3) is 10.6 Å². The molecule has 1 unspecified atom stereocenters. The molecule has 1 saturated heterocycles. The molecule has 4 nitrogen and oxygen atoms in total. The number of nitrogens with one attached hydrogen (secondary N) is 2. The molecule has 2 heterocycles. The predicted octanol–water partition coefficient (Wildman–Crippen LogP) is 3.80. The first-order chi connectivity index (χ1) is 12.3. The van der Waals surface area contributed by atoms with Crippen LogP contribution in [0.1, 0.15) is 25.5 Å². The largest absolute Gasteiger partial charge is 0.357 e. The molecule has 2 aromatic rings. The van der Waals surface area contributed by atoms with Crippen LogP contribution in [0.4, 0.5) is 0 Å². The summed E-state index contributed by atoms with van der Waals surface area (Å²) in [6, 6.07) is 10.4. The standard InChI is InChI=1S/C19H26N4S2/c1-2-20-19(22-13-17-9-6-12-24-17)21-11-10-16-14-25-18(23-16)15-7-4-3-5-8-15/h3-5,7-8,14,17H,2,6,9-13H2,1H3,(H2,20,21,22). The molecule has 0 spiro atoms. The molecule has 1 aliphatic heterocycles. The van der Waals surface area contributed by atoms with E-state index in [1.165, 1.54) is 24.2 Å². The van der Waals surface area contributed by atoms with Gasteiger partial charge in [0.05, 0.1) is 12.2 Å². The first-order valence-corrected chi connectivity index (χ1v) is 10.9. The van der Waals surface area contributed by atoms with E-state index in [4.69, 9.17) is 9.98 Å². The Hall–Kier alpha value is -1.53. The average molecular weight is 375 g/mol. The lowest BCUT2D eigenvalue weighted by Crippen LogP contribution is -2.38. The highest BCUT2D eigenvalue weighted by Gasteiger charge is 2.15. The van der Waals surface area contributed by atoms with E-state index in [9.17, 15) is 0 Å². The number of thiazole rings is 1. The lowest BCUT2D eigenvalue weighted by atomic mass is 10.2. The van der Waals surface area contributed by atoms with Crippen molar-refractivity contribution in [3.05, 3.63) is 41.4 Å². The molecular weight excluding hydrogens is 348 g/mol. The van der Waals surface area contributed by atoms with Gasteiger partial charge >= 0.3 is 0 Å². The zero-order chi connectivity index (χ0) is 17.3. The van der Waals surface area contributed by atoms with Gasteiger partial charge in [-0.1, -0.05) is 30.3 Å². The number of nitrogens with zero attached hydrogens (tertiary/aromatic N) is 2. The van der Waals surface area contributed by atoms with Crippen molar-refractivity contribution >= 4 is 29.1 Å². The van der Waals surface area contributed by atoms with Crippen molar-refractivity contribution in [3.8, 4) is 10.6 Å². The number of benzene rings is 1. The number of hydrogen-bond donors (Lipinski definition) is 2. The second-order valence-electron chi connectivity index (χ2n) is 6.04. The second-order valence-corrected chi connectivity index (χ2v) is 8.31. The highest BCUT2D eigenvalue weighted by atomic mass is 32.2. The minimum absolute atomic E-state index is 0.697. The van der Waals surface area contributed by atoms with E-state index in [0.717, 1.165) is 42.7 Å². The molecule has 1 aromatic heterocycles. The van der Waals surface area contributed by atoms with Crippen LogP contribution >= 0.6 is 23.1 Å². The summed E-state index contributed by atoms with van der Waals surface area (Å²) in [5.41, 5.74) is 2.33. The fraction of sp³-hybridized carbons (Fsp3) is 0.474. The Morgan fingerprint density at radius 2 is 2.16 bits per heavy atom. The van der Waals surface area contributed by atoms with E-state index in [-0.39, 0.29) is 0 Å². The number of guanidine groups is 1. The quantitative estimate of drug-likeness (QED) is 0.572. The molecule has 2 N–H and O–H groups in total. The third kappa shape index (κ3) is 5.75. The molecule has 1 aliphatic rings. The van der Waals surface area contributed by atoms with Gasteiger partial charge in [-0.2, -0.15) is 11.8 Å². The summed E-state index contributed by atoms with van der Waals surface area (Å²) in [7, 11) is 0. The molecule has 0 saturated carbocycles. The molecule has 0 amide bonds. The van der Waals surface area contributed by atoms with Crippen LogP contribution < -0.4 is 10.6 Å². The third-order valence-corrected chi connectivity index (χ3v) is 6.39. The molecule has 0 bridgehead atoms. The van der Waals surface area contributed by atoms with Gasteiger partial charge in [-0.05, 0) is 25.5 Å². The van der Waals surface area contributed by atoms with Crippen molar-refractivity contribution in [2.45, 2.75) is 31.4 Å². The van der Waals surface area contributed by atoms with Crippen molar-refractivity contribution < 1.29 is 0 Å². The summed E-state index contributed by atoms with van der Waals surface area (Å²) in [6.45, 7) is 4.75. The number of hydrogen-bond acceptors (Lipinski definition) is 4. The highest BCUT2D eigenvalue weighted by molar-refractivity contribution is 8.00. The number of aliphatic imine (C=N–C) groups is 1. The molecule has 6 heteroatoms. The fourth-order valence-corrected chi connectivity index (χ4v) is 4.81. The molecule has 134 valence electrons. The molecular formula is C19H26N4S2. The Labute approximate surface area is 158 Å². The van der Waals surface area contributed by atoms with E-state index in [1.807, 2.05) is 6.07 Å². The zero-order valence-corrected chi connectivity index (χ0v) is 16.3. The summed E-state index contributed by atoms with van der Waals surface area (Å²) in [6.07, 6.45) is 3.54. The summed E-state index contributed by atoms with van der Waals surface area (Å²) < 4.78 is 0. The second kappa shape index (κ2) is 9.82. The average Bonchev–Trinajstić information content (AvgIpc) is 3.32. The van der Waals surface area contributed by atoms with Crippen LogP contribution in [0.5, 0.6) is 0 Å². The lowest BCUT2D eigenvalue weighted by molar-refractivity contribution is 0.758. The Balaban J connectivity index is 1.48. The van der Waals surface area contributed by atoms with Crippen molar-refractivity contribution in [3.63, 3.8) is 0 Å². The van der Waals surface area contributed by atoms with E-state index in [0.29, 0.717) is 5.25 Å². The van der Waals surface area contributed by atoms with Crippen LogP contribution in [-0.2, 0) is 6.42 Å². The third-order valence-electron chi connectivity index (χ3n) is 4.07. The van der Waals surface area contributed by atoms with Crippen LogP contribution in [0.3, 0.4) is 0 Å². The summed E-state index contributed by atoms with van der Waals surface area (Å²) >= 11 is 3.76. The van der Waals surface area contributed by atoms with Gasteiger partial charge in [-0.15, -0.1) is 11.3 Å². The first-order valence-electron chi connectivity index (χ1n) is 8.98. The minimum atomic E-state index is 0.697. The molecule has 3 rings (SSSR count). The van der Waals surface area contributed by atoms with Gasteiger partial charge in [0, 0.05) is 35.7 Å². The Morgan fingerprint density at radius 1 is 1.28 bits per heavy atom. The maximum absolute atomic E-state index is 4.75. The molecule has 0 aliphatic carbocycles. The van der Waals surface area contributed by atoms with E-state index in [1.54, 1.807) is 11.3 Å². The zero-order valence-electron chi connectivity index (χ0n) is 14.7. The lowest BCUT2D eigenvalue weighted by Gasteiger charge is -2.12. The Morgan fingerprint density at radius 3 is 2.92 bits per heavy atom. The van der Waals surface area contributed by atoms with Crippen molar-refractivity contribution in [2.24, 2.45) is 4.99 Å². The molecule has 1 fully saturated rings. The van der Waals surface area contributed by atoms with Crippen LogP contribution in [0, 0.1) is 0 Å². The minimum Gasteiger partial charge on any atom is -0.357 e. The van der Waals surface area contributed by atoms with E-state index >= 15 is 0 Å². The van der Waals surface area contributed by atoms with Gasteiger partial charge in [-0.3, -0.25) is 4.99 Å². The highest BCUT2D eigenvalue weighted by Crippen LogP contribution is 2.26. The normalized spacial score (nSPS) is 17.6. The SMILES string of the molecule is CCNC(=NCC1CCCS1)NCCc1csc(-c2ccccc2)n1. The number of rotatable bonds is 7. The van der Waals surface area contributed by atoms with Crippen molar-refractivity contribution in [1.29, 1.82) is 0 Å². The molecule has 25 heavy (non-hydrogen) atoms. The van der Waals surface area contributed by atoms with Crippen molar-refractivity contribution in [1.82, 2.24) is 15.6 Å².